The second-order valence-corrected chi connectivity index (χ2v) is 11.4. The third kappa shape index (κ3) is 10.7. The molecule has 3 aromatic rings. The molecule has 0 saturated heterocycles. The highest BCUT2D eigenvalue weighted by Crippen LogP contribution is 2.17. The van der Waals surface area contributed by atoms with Crippen LogP contribution in [0.1, 0.15) is 38.3 Å². The molecular formula is C32H37ClN4O6. The molecule has 11 heteroatoms. The number of primary amides is 1. The van der Waals surface area contributed by atoms with Crippen LogP contribution in [-0.2, 0) is 36.8 Å². The van der Waals surface area contributed by atoms with Crippen LogP contribution < -0.4 is 21.7 Å². The maximum atomic E-state index is 13.6. The predicted molar refractivity (Wildman–Crippen MR) is 164 cm³/mol. The van der Waals surface area contributed by atoms with Gasteiger partial charge < -0.3 is 26.4 Å². The summed E-state index contributed by atoms with van der Waals surface area (Å²) in [5.41, 5.74) is 6.09. The topological polar surface area (TPSA) is 157 Å². The second-order valence-electron chi connectivity index (χ2n) is 11.2. The van der Waals surface area contributed by atoms with Crippen molar-refractivity contribution in [2.45, 2.75) is 63.8 Å². The van der Waals surface area contributed by atoms with Crippen LogP contribution in [0.5, 0.6) is 0 Å². The van der Waals surface area contributed by atoms with Gasteiger partial charge in [0.25, 0.3) is 0 Å². The molecule has 10 nitrogen and oxygen atoms in total. The van der Waals surface area contributed by atoms with Gasteiger partial charge in [-0.25, -0.2) is 4.79 Å². The number of carbonyl (C=O) groups excluding carboxylic acids is 5. The number of carbonyl (C=O) groups is 5. The zero-order chi connectivity index (χ0) is 31.6. The molecule has 0 unspecified atom stereocenters. The van der Waals surface area contributed by atoms with Gasteiger partial charge in [0.05, 0.1) is 18.3 Å². The molecule has 3 atom stereocenters. The maximum absolute atomic E-state index is 13.6. The van der Waals surface area contributed by atoms with Crippen molar-refractivity contribution in [2.75, 3.05) is 5.88 Å². The van der Waals surface area contributed by atoms with Crippen LogP contribution in [0.15, 0.2) is 72.8 Å². The Kier molecular flexibility index (Phi) is 11.7. The first-order chi connectivity index (χ1) is 20.3. The van der Waals surface area contributed by atoms with E-state index >= 15 is 0 Å². The average Bonchev–Trinajstić information content (AvgIpc) is 2.94. The summed E-state index contributed by atoms with van der Waals surface area (Å²) in [5, 5.41) is 9.65. The van der Waals surface area contributed by atoms with Gasteiger partial charge in [0, 0.05) is 6.42 Å². The molecule has 228 valence electrons. The van der Waals surface area contributed by atoms with E-state index in [0.29, 0.717) is 0 Å². The van der Waals surface area contributed by atoms with Gasteiger partial charge in [0.2, 0.25) is 17.7 Å². The normalized spacial score (nSPS) is 13.3. The molecule has 0 aliphatic carbocycles. The minimum absolute atomic E-state index is 0.0577. The Morgan fingerprint density at radius 3 is 1.95 bits per heavy atom. The first kappa shape index (κ1) is 33.1. The molecule has 0 saturated carbocycles. The van der Waals surface area contributed by atoms with Gasteiger partial charge in [0.15, 0.2) is 5.78 Å². The zero-order valence-electron chi connectivity index (χ0n) is 24.4. The van der Waals surface area contributed by atoms with E-state index in [4.69, 9.17) is 22.1 Å². The lowest BCUT2D eigenvalue weighted by molar-refractivity contribution is -0.133. The monoisotopic (exact) mass is 608 g/mol. The van der Waals surface area contributed by atoms with Gasteiger partial charge in [-0.2, -0.15) is 0 Å². The molecule has 0 bridgehead atoms. The maximum Gasteiger partial charge on any atom is 0.408 e. The van der Waals surface area contributed by atoms with Crippen molar-refractivity contribution in [3.8, 4) is 0 Å². The van der Waals surface area contributed by atoms with Crippen LogP contribution in [0.25, 0.3) is 10.8 Å². The summed E-state index contributed by atoms with van der Waals surface area (Å²) in [6.45, 7) is 5.06. The van der Waals surface area contributed by atoms with Gasteiger partial charge in [-0.05, 0) is 49.1 Å². The summed E-state index contributed by atoms with van der Waals surface area (Å²) < 4.78 is 5.36. The smallest absolute Gasteiger partial charge is 0.408 e. The summed E-state index contributed by atoms with van der Waals surface area (Å²) in [5.74, 6) is -3.19. The minimum Gasteiger partial charge on any atom is -0.444 e. The van der Waals surface area contributed by atoms with Crippen LogP contribution >= 0.6 is 11.6 Å². The van der Waals surface area contributed by atoms with Crippen molar-refractivity contribution < 1.29 is 28.7 Å². The SMILES string of the molecule is CC(C)(C)OC(=O)N[C@@H](Cc1ccc2ccccc2c1)C(=O)N[C@@H](CC(N)=O)C(=O)N[C@@H](Cc1ccccc1)C(=O)CCl. The third-order valence-electron chi connectivity index (χ3n) is 6.42. The van der Waals surface area contributed by atoms with Crippen LogP contribution in [0, 0.1) is 0 Å². The number of halogens is 1. The number of nitrogens with two attached hydrogens (primary N) is 1. The number of benzene rings is 3. The number of alkyl carbamates (subject to hydrolysis) is 1. The second kappa shape index (κ2) is 15.2. The number of ether oxygens (including phenoxy) is 1. The summed E-state index contributed by atoms with van der Waals surface area (Å²) in [6.07, 6.45) is -1.16. The number of ketones is 1. The lowest BCUT2D eigenvalue weighted by Gasteiger charge is -2.26. The lowest BCUT2D eigenvalue weighted by atomic mass is 10.0. The summed E-state index contributed by atoms with van der Waals surface area (Å²) in [6, 6.07) is 18.7. The minimum atomic E-state index is -1.43. The molecule has 0 aliphatic rings. The summed E-state index contributed by atoms with van der Waals surface area (Å²) >= 11 is 5.80. The first-order valence-corrected chi connectivity index (χ1v) is 14.4. The first-order valence-electron chi connectivity index (χ1n) is 13.8. The number of nitrogens with one attached hydrogen (secondary N) is 3. The van der Waals surface area contributed by atoms with E-state index in [1.54, 1.807) is 45.0 Å². The van der Waals surface area contributed by atoms with Gasteiger partial charge >= 0.3 is 6.09 Å². The van der Waals surface area contributed by atoms with E-state index in [-0.39, 0.29) is 18.7 Å². The molecule has 3 aromatic carbocycles. The van der Waals surface area contributed by atoms with E-state index in [0.717, 1.165) is 21.9 Å². The Morgan fingerprint density at radius 2 is 1.33 bits per heavy atom. The fraction of sp³-hybridized carbons (Fsp3) is 0.344. The number of alkyl halides is 1. The fourth-order valence-corrected chi connectivity index (χ4v) is 4.59. The van der Waals surface area contributed by atoms with E-state index in [9.17, 15) is 24.0 Å². The third-order valence-corrected chi connectivity index (χ3v) is 6.68. The van der Waals surface area contributed by atoms with Crippen LogP contribution in [0.4, 0.5) is 4.79 Å². The number of amides is 4. The fourth-order valence-electron chi connectivity index (χ4n) is 4.40. The molecule has 5 N–H and O–H groups in total. The molecular weight excluding hydrogens is 572 g/mol. The van der Waals surface area contributed by atoms with Crippen molar-refractivity contribution in [3.05, 3.63) is 83.9 Å². The van der Waals surface area contributed by atoms with Gasteiger partial charge in [-0.1, -0.05) is 72.8 Å². The predicted octanol–water partition coefficient (Wildman–Crippen LogP) is 3.17. The zero-order valence-corrected chi connectivity index (χ0v) is 25.1. The Labute approximate surface area is 255 Å². The van der Waals surface area contributed by atoms with Crippen molar-refractivity contribution >= 4 is 52.0 Å². The number of rotatable bonds is 13. The van der Waals surface area contributed by atoms with Crippen molar-refractivity contribution in [1.29, 1.82) is 0 Å². The molecule has 0 radical (unpaired) electrons. The van der Waals surface area contributed by atoms with Crippen LogP contribution in [-0.4, -0.2) is 59.2 Å². The number of hydrogen-bond acceptors (Lipinski definition) is 6. The Morgan fingerprint density at radius 1 is 0.744 bits per heavy atom. The van der Waals surface area contributed by atoms with Gasteiger partial charge in [-0.15, -0.1) is 11.6 Å². The summed E-state index contributed by atoms with van der Waals surface area (Å²) in [4.78, 5) is 64.1. The van der Waals surface area contributed by atoms with Crippen LogP contribution in [0.3, 0.4) is 0 Å². The lowest BCUT2D eigenvalue weighted by Crippen LogP contribution is -2.57. The largest absolute Gasteiger partial charge is 0.444 e. The number of fused-ring (bicyclic) bond motifs is 1. The molecule has 0 aromatic heterocycles. The Hall–Kier alpha value is -4.44. The Bertz CT molecular complexity index is 1460. The van der Waals surface area contributed by atoms with E-state index in [2.05, 4.69) is 16.0 Å². The average molecular weight is 609 g/mol. The Balaban J connectivity index is 1.83. The highest BCUT2D eigenvalue weighted by Gasteiger charge is 2.31. The molecule has 0 aliphatic heterocycles. The van der Waals surface area contributed by atoms with Crippen molar-refractivity contribution in [2.24, 2.45) is 5.73 Å². The highest BCUT2D eigenvalue weighted by atomic mass is 35.5. The highest BCUT2D eigenvalue weighted by molar-refractivity contribution is 6.28. The van der Waals surface area contributed by atoms with Gasteiger partial charge in [0.1, 0.15) is 17.7 Å². The quantitative estimate of drug-likeness (QED) is 0.218. The molecule has 0 fully saturated rings. The molecule has 3 rings (SSSR count). The van der Waals surface area contributed by atoms with Crippen LogP contribution in [0.2, 0.25) is 0 Å². The van der Waals surface area contributed by atoms with E-state index in [1.165, 1.54) is 0 Å². The molecule has 0 spiro atoms. The van der Waals surface area contributed by atoms with Crippen molar-refractivity contribution in [1.82, 2.24) is 16.0 Å². The number of Topliss-reactive ketones (excluding diaryl/α,β-unsaturated/α-hetero) is 1. The molecule has 0 heterocycles. The van der Waals surface area contributed by atoms with Crippen molar-refractivity contribution in [3.63, 3.8) is 0 Å². The summed E-state index contributed by atoms with van der Waals surface area (Å²) in [7, 11) is 0. The van der Waals surface area contributed by atoms with Gasteiger partial charge in [-0.3, -0.25) is 19.2 Å². The van der Waals surface area contributed by atoms with E-state index in [1.807, 2.05) is 48.5 Å². The van der Waals surface area contributed by atoms with E-state index < -0.39 is 59.7 Å². The standard InChI is InChI=1S/C32H37ClN4O6/c1-32(2,3)43-31(42)37-25(17-21-13-14-22-11-7-8-12-23(22)15-21)29(40)36-26(18-28(34)39)30(41)35-24(27(38)19-33)16-20-9-5-4-6-10-20/h4-15,24-26H,16-19H2,1-3H3,(H2,34,39)(H,35,41)(H,36,40)(H,37,42)/t24-,25-,26-/m0/s1. The molecule has 43 heavy (non-hydrogen) atoms. The molecule has 4 amide bonds. The number of hydrogen-bond donors (Lipinski definition) is 4.